The van der Waals surface area contributed by atoms with Gasteiger partial charge >= 0.3 is 0 Å². The highest BCUT2D eigenvalue weighted by Gasteiger charge is 2.14. The lowest BCUT2D eigenvalue weighted by atomic mass is 10.0. The Balaban J connectivity index is 1.24. The molecule has 7 heteroatoms. The lowest BCUT2D eigenvalue weighted by Crippen LogP contribution is -2.37. The number of benzene rings is 2. The molecule has 3 heterocycles. The zero-order chi connectivity index (χ0) is 27.0. The van der Waals surface area contributed by atoms with Crippen molar-refractivity contribution < 1.29 is 4.74 Å². The summed E-state index contributed by atoms with van der Waals surface area (Å²) in [5.41, 5.74) is 8.63. The van der Waals surface area contributed by atoms with Crippen LogP contribution < -0.4 is 10.6 Å². The molecule has 0 amide bonds. The van der Waals surface area contributed by atoms with Gasteiger partial charge in [-0.1, -0.05) is 36.4 Å². The topological polar surface area (TPSA) is 89.0 Å². The molecule has 0 atom stereocenters. The van der Waals surface area contributed by atoms with Crippen LogP contribution in [-0.4, -0.2) is 54.3 Å². The van der Waals surface area contributed by atoms with Gasteiger partial charge in [0.15, 0.2) is 0 Å². The van der Waals surface area contributed by atoms with E-state index in [1.807, 2.05) is 19.2 Å². The highest BCUT2D eigenvalue weighted by Crippen LogP contribution is 2.32. The van der Waals surface area contributed by atoms with Gasteiger partial charge in [-0.3, -0.25) is 9.88 Å². The first-order valence-electron chi connectivity index (χ1n) is 13.6. The van der Waals surface area contributed by atoms with E-state index in [9.17, 15) is 5.26 Å². The number of rotatable bonds is 10. The van der Waals surface area contributed by atoms with Crippen LogP contribution in [0.4, 0.5) is 11.4 Å². The van der Waals surface area contributed by atoms with Crippen molar-refractivity contribution in [1.82, 2.24) is 20.2 Å². The quantitative estimate of drug-likeness (QED) is 0.230. The fourth-order valence-corrected chi connectivity index (χ4v) is 5.01. The normalized spacial score (nSPS) is 14.2. The molecule has 1 fully saturated rings. The van der Waals surface area contributed by atoms with Crippen molar-refractivity contribution in [3.05, 3.63) is 88.4 Å². The maximum Gasteiger partial charge on any atom is 0.103 e. The molecule has 3 N–H and O–H groups in total. The van der Waals surface area contributed by atoms with Crippen LogP contribution in [0.3, 0.4) is 0 Å². The third-order valence-electron chi connectivity index (χ3n) is 7.38. The highest BCUT2D eigenvalue weighted by atomic mass is 16.5. The Morgan fingerprint density at radius 1 is 1.08 bits per heavy atom. The van der Waals surface area contributed by atoms with E-state index in [-0.39, 0.29) is 0 Å². The van der Waals surface area contributed by atoms with Crippen LogP contribution in [0.25, 0.3) is 23.1 Å². The fraction of sp³-hybridized carbons (Fsp3) is 0.312. The standard InChI is InChI=1S/C32H36N6O/c1-23-28-12-14-35-31(28)11-10-30(23)37-32-27(20-33)22-36-24(2)29(32)9-8-25-4-6-26(7-5-25)21-34-13-3-15-38-16-18-39-19-17-38/h4-12,14,22,34-35H,3,13,15-19,21H2,1-2H3,(H,36,37). The van der Waals surface area contributed by atoms with E-state index in [1.165, 1.54) is 5.56 Å². The molecule has 4 aromatic rings. The SMILES string of the molecule is Cc1ncc(C#N)c(Nc2ccc3[nH]ccc3c2C)c1C=Cc1ccc(CNCCCN2CCOCC2)cc1. The number of pyridine rings is 1. The minimum absolute atomic E-state index is 0.517. The van der Waals surface area contributed by atoms with Crippen molar-refractivity contribution in [1.29, 1.82) is 5.26 Å². The molecule has 200 valence electrons. The molecule has 0 radical (unpaired) electrons. The number of hydrogen-bond donors (Lipinski definition) is 3. The first-order valence-corrected chi connectivity index (χ1v) is 13.6. The van der Waals surface area contributed by atoms with Crippen LogP contribution in [0.1, 0.15) is 39.9 Å². The van der Waals surface area contributed by atoms with Gasteiger partial charge < -0.3 is 20.4 Å². The van der Waals surface area contributed by atoms with E-state index in [4.69, 9.17) is 4.74 Å². The number of H-pyrrole nitrogens is 1. The number of morpholine rings is 1. The second-order valence-corrected chi connectivity index (χ2v) is 10.0. The molecule has 1 aliphatic heterocycles. The highest BCUT2D eigenvalue weighted by molar-refractivity contribution is 5.90. The van der Waals surface area contributed by atoms with Crippen molar-refractivity contribution in [2.75, 3.05) is 44.7 Å². The van der Waals surface area contributed by atoms with E-state index in [1.54, 1.807) is 6.20 Å². The number of fused-ring (bicyclic) bond motifs is 1. The first kappa shape index (κ1) is 26.6. The number of ether oxygens (including phenoxy) is 1. The zero-order valence-electron chi connectivity index (χ0n) is 22.8. The van der Waals surface area contributed by atoms with Gasteiger partial charge in [0.2, 0.25) is 0 Å². The number of aromatic amines is 1. The summed E-state index contributed by atoms with van der Waals surface area (Å²) >= 11 is 0. The van der Waals surface area contributed by atoms with Crippen LogP contribution >= 0.6 is 0 Å². The Bertz CT molecular complexity index is 1480. The molecule has 0 aliphatic carbocycles. The van der Waals surface area contributed by atoms with Crippen LogP contribution in [0.2, 0.25) is 0 Å². The van der Waals surface area contributed by atoms with E-state index < -0.39 is 0 Å². The number of anilines is 2. The van der Waals surface area contributed by atoms with Crippen molar-refractivity contribution >= 4 is 34.4 Å². The predicted octanol–water partition coefficient (Wildman–Crippen LogP) is 5.78. The van der Waals surface area contributed by atoms with Crippen LogP contribution in [0.5, 0.6) is 0 Å². The van der Waals surface area contributed by atoms with Gasteiger partial charge in [-0.15, -0.1) is 0 Å². The lowest BCUT2D eigenvalue weighted by molar-refractivity contribution is 0.0374. The summed E-state index contributed by atoms with van der Waals surface area (Å²) in [5.74, 6) is 0. The summed E-state index contributed by atoms with van der Waals surface area (Å²) in [6.45, 7) is 10.9. The largest absolute Gasteiger partial charge is 0.379 e. The van der Waals surface area contributed by atoms with Crippen LogP contribution in [0, 0.1) is 25.2 Å². The maximum absolute atomic E-state index is 9.83. The summed E-state index contributed by atoms with van der Waals surface area (Å²) in [6, 6.07) is 17.1. The summed E-state index contributed by atoms with van der Waals surface area (Å²) < 4.78 is 5.42. The van der Waals surface area contributed by atoms with Crippen LogP contribution in [-0.2, 0) is 11.3 Å². The molecule has 0 saturated carbocycles. The van der Waals surface area contributed by atoms with Crippen molar-refractivity contribution in [2.24, 2.45) is 0 Å². The molecule has 0 spiro atoms. The molecular weight excluding hydrogens is 484 g/mol. The molecule has 1 aliphatic rings. The third-order valence-corrected chi connectivity index (χ3v) is 7.38. The summed E-state index contributed by atoms with van der Waals surface area (Å²) in [5, 5.41) is 18.1. The zero-order valence-corrected chi connectivity index (χ0v) is 22.8. The Hall–Kier alpha value is -3.96. The number of hydrogen-bond acceptors (Lipinski definition) is 6. The Morgan fingerprint density at radius 2 is 1.90 bits per heavy atom. The van der Waals surface area contributed by atoms with E-state index in [0.29, 0.717) is 5.56 Å². The van der Waals surface area contributed by atoms with Crippen molar-refractivity contribution in [3.8, 4) is 6.07 Å². The number of nitriles is 1. The number of nitrogens with zero attached hydrogens (tertiary/aromatic N) is 3. The molecule has 2 aromatic heterocycles. The molecule has 2 aromatic carbocycles. The smallest absolute Gasteiger partial charge is 0.103 e. The van der Waals surface area contributed by atoms with Crippen LogP contribution in [0.15, 0.2) is 54.9 Å². The Kier molecular flexibility index (Phi) is 8.69. The molecule has 0 unspecified atom stereocenters. The average molecular weight is 521 g/mol. The fourth-order valence-electron chi connectivity index (χ4n) is 5.01. The number of nitrogens with one attached hydrogen (secondary N) is 3. The predicted molar refractivity (Wildman–Crippen MR) is 159 cm³/mol. The minimum Gasteiger partial charge on any atom is -0.379 e. The maximum atomic E-state index is 9.83. The molecule has 39 heavy (non-hydrogen) atoms. The van der Waals surface area contributed by atoms with Gasteiger partial charge in [0, 0.05) is 59.9 Å². The van der Waals surface area contributed by atoms with Gasteiger partial charge in [-0.2, -0.15) is 5.26 Å². The van der Waals surface area contributed by atoms with Gasteiger partial charge in [-0.05, 0) is 68.2 Å². The number of aromatic nitrogens is 2. The third kappa shape index (κ3) is 6.55. The summed E-state index contributed by atoms with van der Waals surface area (Å²) in [7, 11) is 0. The average Bonchev–Trinajstić information content (AvgIpc) is 3.45. The van der Waals surface area contributed by atoms with Crippen molar-refractivity contribution in [3.63, 3.8) is 0 Å². The molecular formula is C32H36N6O. The monoisotopic (exact) mass is 520 g/mol. The lowest BCUT2D eigenvalue weighted by Gasteiger charge is -2.26. The van der Waals surface area contributed by atoms with Gasteiger partial charge in [-0.25, -0.2) is 0 Å². The summed E-state index contributed by atoms with van der Waals surface area (Å²) in [6.07, 6.45) is 8.86. The minimum atomic E-state index is 0.517. The molecule has 5 rings (SSSR count). The van der Waals surface area contributed by atoms with Gasteiger partial charge in [0.05, 0.1) is 24.5 Å². The van der Waals surface area contributed by atoms with E-state index in [0.717, 1.165) is 97.0 Å². The van der Waals surface area contributed by atoms with E-state index in [2.05, 4.69) is 87.0 Å². The first-order chi connectivity index (χ1) is 19.1. The van der Waals surface area contributed by atoms with Gasteiger partial charge in [0.1, 0.15) is 6.07 Å². The molecule has 0 bridgehead atoms. The van der Waals surface area contributed by atoms with Crippen molar-refractivity contribution in [2.45, 2.75) is 26.8 Å². The number of aryl methyl sites for hydroxylation is 2. The summed E-state index contributed by atoms with van der Waals surface area (Å²) in [4.78, 5) is 10.2. The molecule has 7 nitrogen and oxygen atoms in total. The Morgan fingerprint density at radius 3 is 2.69 bits per heavy atom. The molecule has 1 saturated heterocycles. The van der Waals surface area contributed by atoms with E-state index >= 15 is 0 Å². The second kappa shape index (κ2) is 12.7. The second-order valence-electron chi connectivity index (χ2n) is 10.0. The Labute approximate surface area is 230 Å². The van der Waals surface area contributed by atoms with Gasteiger partial charge in [0.25, 0.3) is 0 Å².